The fourth-order valence-corrected chi connectivity index (χ4v) is 1.58. The minimum absolute atomic E-state index is 0.171. The van der Waals surface area contributed by atoms with Crippen LogP contribution in [0.15, 0.2) is 29.3 Å². The van der Waals surface area contributed by atoms with Crippen LogP contribution in [0.1, 0.15) is 45.7 Å². The highest BCUT2D eigenvalue weighted by Crippen LogP contribution is 2.22. The van der Waals surface area contributed by atoms with E-state index in [0.29, 0.717) is 0 Å². The zero-order valence-corrected chi connectivity index (χ0v) is 11.4. The van der Waals surface area contributed by atoms with Crippen molar-refractivity contribution < 1.29 is 0 Å². The average molecular weight is 233 g/mol. The number of nitrogens with zero attached hydrogens (tertiary/aromatic N) is 1. The summed E-state index contributed by atoms with van der Waals surface area (Å²) >= 11 is 0. The predicted molar refractivity (Wildman–Crippen MR) is 74.1 cm³/mol. The predicted octanol–water partition coefficient (Wildman–Crippen LogP) is 2.60. The molecule has 0 aliphatic carbocycles. The number of nitrogens with two attached hydrogens (primary N) is 1. The van der Waals surface area contributed by atoms with E-state index in [1.807, 2.05) is 13.8 Å². The molecule has 0 saturated carbocycles. The topological polar surface area (TPSA) is 50.4 Å². The van der Waals surface area contributed by atoms with Gasteiger partial charge in [-0.05, 0) is 24.8 Å². The lowest BCUT2D eigenvalue weighted by Gasteiger charge is -2.19. The summed E-state index contributed by atoms with van der Waals surface area (Å²) in [5.41, 5.74) is 5.16. The van der Waals surface area contributed by atoms with Crippen LogP contribution in [0.4, 0.5) is 0 Å². The molecule has 17 heavy (non-hydrogen) atoms. The van der Waals surface area contributed by atoms with Crippen molar-refractivity contribution >= 4 is 5.84 Å². The van der Waals surface area contributed by atoms with Crippen molar-refractivity contribution in [1.82, 2.24) is 5.43 Å². The number of nitrogens with one attached hydrogen (secondary N) is 1. The summed E-state index contributed by atoms with van der Waals surface area (Å²) in [5.74, 6) is 6.23. The standard InChI is InChI=1S/C14H23N3/c1-10(2)16-13(17-15)11-6-8-12(9-7-11)14(3,4)5/h6-10H,15H2,1-5H3,(H,16,17). The minimum atomic E-state index is 0.171. The molecular formula is C14H23N3. The van der Waals surface area contributed by atoms with Crippen molar-refractivity contribution in [3.63, 3.8) is 0 Å². The van der Waals surface area contributed by atoms with Crippen molar-refractivity contribution in [2.45, 2.75) is 46.1 Å². The van der Waals surface area contributed by atoms with Gasteiger partial charge in [0.2, 0.25) is 0 Å². The van der Waals surface area contributed by atoms with E-state index in [-0.39, 0.29) is 11.5 Å². The molecule has 3 heteroatoms. The summed E-state index contributed by atoms with van der Waals surface area (Å²) in [5, 5.41) is 0. The van der Waals surface area contributed by atoms with E-state index < -0.39 is 0 Å². The highest BCUT2D eigenvalue weighted by molar-refractivity contribution is 5.98. The second-order valence-electron chi connectivity index (χ2n) is 5.54. The normalized spacial score (nSPS) is 13.0. The van der Waals surface area contributed by atoms with E-state index in [9.17, 15) is 0 Å². The van der Waals surface area contributed by atoms with Crippen molar-refractivity contribution in [2.75, 3.05) is 0 Å². The second-order valence-corrected chi connectivity index (χ2v) is 5.54. The average Bonchev–Trinajstić information content (AvgIpc) is 2.24. The van der Waals surface area contributed by atoms with Crippen LogP contribution in [-0.2, 0) is 5.41 Å². The first-order chi connectivity index (χ1) is 7.84. The summed E-state index contributed by atoms with van der Waals surface area (Å²) in [7, 11) is 0. The zero-order chi connectivity index (χ0) is 13.1. The number of hydrogen-bond donors (Lipinski definition) is 2. The number of benzene rings is 1. The zero-order valence-electron chi connectivity index (χ0n) is 11.4. The molecule has 1 rings (SSSR count). The molecule has 1 aromatic carbocycles. The van der Waals surface area contributed by atoms with Crippen molar-refractivity contribution in [2.24, 2.45) is 10.8 Å². The lowest BCUT2D eigenvalue weighted by atomic mass is 9.86. The van der Waals surface area contributed by atoms with Crippen LogP contribution < -0.4 is 11.3 Å². The summed E-state index contributed by atoms with van der Waals surface area (Å²) < 4.78 is 0. The van der Waals surface area contributed by atoms with Gasteiger partial charge in [-0.1, -0.05) is 45.0 Å². The van der Waals surface area contributed by atoms with Crippen LogP contribution >= 0.6 is 0 Å². The Morgan fingerprint density at radius 1 is 1.18 bits per heavy atom. The van der Waals surface area contributed by atoms with Crippen LogP contribution in [0, 0.1) is 0 Å². The monoisotopic (exact) mass is 233 g/mol. The quantitative estimate of drug-likeness (QED) is 0.357. The van der Waals surface area contributed by atoms with Crippen LogP contribution in [0.3, 0.4) is 0 Å². The smallest absolute Gasteiger partial charge is 0.142 e. The van der Waals surface area contributed by atoms with Crippen molar-refractivity contribution in [3.8, 4) is 0 Å². The summed E-state index contributed by atoms with van der Waals surface area (Å²) in [4.78, 5) is 4.44. The molecule has 0 heterocycles. The van der Waals surface area contributed by atoms with Gasteiger partial charge in [0.1, 0.15) is 5.84 Å². The van der Waals surface area contributed by atoms with E-state index in [0.717, 1.165) is 11.4 Å². The van der Waals surface area contributed by atoms with E-state index in [2.05, 4.69) is 55.5 Å². The third kappa shape index (κ3) is 3.86. The minimum Gasteiger partial charge on any atom is -0.308 e. The summed E-state index contributed by atoms with van der Waals surface area (Å²) in [6, 6.07) is 8.59. The Labute approximate surface area is 104 Å². The van der Waals surface area contributed by atoms with Gasteiger partial charge in [-0.25, -0.2) is 5.84 Å². The van der Waals surface area contributed by atoms with Crippen LogP contribution in [-0.4, -0.2) is 11.9 Å². The van der Waals surface area contributed by atoms with E-state index in [4.69, 9.17) is 5.84 Å². The number of hydrazine groups is 1. The molecule has 0 unspecified atom stereocenters. The Bertz CT molecular complexity index is 383. The first-order valence-corrected chi connectivity index (χ1v) is 6.00. The molecule has 3 N–H and O–H groups in total. The molecule has 0 bridgehead atoms. The molecule has 0 saturated heterocycles. The first kappa shape index (κ1) is 13.7. The molecule has 0 fully saturated rings. The number of aliphatic imine (C=N–C) groups is 1. The fourth-order valence-electron chi connectivity index (χ4n) is 1.58. The molecule has 0 aromatic heterocycles. The first-order valence-electron chi connectivity index (χ1n) is 6.00. The Morgan fingerprint density at radius 2 is 1.71 bits per heavy atom. The van der Waals surface area contributed by atoms with E-state index >= 15 is 0 Å². The van der Waals surface area contributed by atoms with Crippen LogP contribution in [0.2, 0.25) is 0 Å². The molecule has 94 valence electrons. The van der Waals surface area contributed by atoms with Gasteiger partial charge in [0.25, 0.3) is 0 Å². The molecule has 1 aromatic rings. The maximum absolute atomic E-state index is 5.50. The van der Waals surface area contributed by atoms with Gasteiger partial charge in [0, 0.05) is 11.6 Å². The lowest BCUT2D eigenvalue weighted by Crippen LogP contribution is -2.32. The third-order valence-corrected chi connectivity index (χ3v) is 2.55. The largest absolute Gasteiger partial charge is 0.308 e. The van der Waals surface area contributed by atoms with E-state index in [1.165, 1.54) is 5.56 Å². The van der Waals surface area contributed by atoms with Gasteiger partial charge in [0.05, 0.1) is 0 Å². The fraction of sp³-hybridized carbons (Fsp3) is 0.500. The molecule has 0 spiro atoms. The maximum Gasteiger partial charge on any atom is 0.142 e. The van der Waals surface area contributed by atoms with Gasteiger partial charge < -0.3 is 5.43 Å². The number of rotatable bonds is 2. The third-order valence-electron chi connectivity index (χ3n) is 2.55. The van der Waals surface area contributed by atoms with Gasteiger partial charge in [-0.15, -0.1) is 0 Å². The molecule has 0 amide bonds. The maximum atomic E-state index is 5.50. The second kappa shape index (κ2) is 5.32. The molecular weight excluding hydrogens is 210 g/mol. The van der Waals surface area contributed by atoms with Gasteiger partial charge >= 0.3 is 0 Å². The van der Waals surface area contributed by atoms with Gasteiger partial charge in [0.15, 0.2) is 0 Å². The van der Waals surface area contributed by atoms with Crippen molar-refractivity contribution in [3.05, 3.63) is 35.4 Å². The van der Waals surface area contributed by atoms with Crippen LogP contribution in [0.5, 0.6) is 0 Å². The number of amidine groups is 1. The van der Waals surface area contributed by atoms with Crippen molar-refractivity contribution in [1.29, 1.82) is 0 Å². The van der Waals surface area contributed by atoms with E-state index in [1.54, 1.807) is 0 Å². The molecule has 0 aliphatic rings. The highest BCUT2D eigenvalue weighted by Gasteiger charge is 2.13. The Hall–Kier alpha value is -1.35. The molecule has 0 atom stereocenters. The SMILES string of the molecule is CC(C)N=C(NN)c1ccc(C(C)(C)C)cc1. The van der Waals surface area contributed by atoms with Gasteiger partial charge in [-0.3, -0.25) is 4.99 Å². The number of hydrogen-bond acceptors (Lipinski definition) is 2. The molecule has 0 aliphatic heterocycles. The summed E-state index contributed by atoms with van der Waals surface area (Å²) in [6.07, 6.45) is 0. The van der Waals surface area contributed by atoms with Gasteiger partial charge in [-0.2, -0.15) is 0 Å². The van der Waals surface area contributed by atoms with Crippen LogP contribution in [0.25, 0.3) is 0 Å². The lowest BCUT2D eigenvalue weighted by molar-refractivity contribution is 0.590. The molecule has 0 radical (unpaired) electrons. The molecule has 3 nitrogen and oxygen atoms in total. The summed E-state index contributed by atoms with van der Waals surface area (Å²) in [6.45, 7) is 10.7. The highest BCUT2D eigenvalue weighted by atomic mass is 15.3. The Kier molecular flexibility index (Phi) is 4.29. The Morgan fingerprint density at radius 3 is 2.06 bits per heavy atom. The Balaban J connectivity index is 3.01.